The van der Waals surface area contributed by atoms with Gasteiger partial charge in [0.25, 0.3) is 5.91 Å². The van der Waals surface area contributed by atoms with Crippen LogP contribution in [0.1, 0.15) is 16.8 Å². The smallest absolute Gasteiger partial charge is 0.269 e. The van der Waals surface area contributed by atoms with Gasteiger partial charge in [-0.3, -0.25) is 25.2 Å². The van der Waals surface area contributed by atoms with E-state index in [0.717, 1.165) is 0 Å². The highest BCUT2D eigenvalue weighted by molar-refractivity contribution is 6.01. The number of anilines is 1. The number of hydrogen-bond acceptors (Lipinski definition) is 4. The van der Waals surface area contributed by atoms with Gasteiger partial charge in [-0.15, -0.1) is 0 Å². The number of ether oxygens (including phenoxy) is 1. The summed E-state index contributed by atoms with van der Waals surface area (Å²) in [5.74, 6) is -1.70. The molecule has 1 atom stereocenters. The van der Waals surface area contributed by atoms with Crippen LogP contribution in [-0.4, -0.2) is 31.4 Å². The van der Waals surface area contributed by atoms with E-state index in [2.05, 4.69) is 10.9 Å². The van der Waals surface area contributed by atoms with Crippen LogP contribution in [0.15, 0.2) is 48.5 Å². The summed E-state index contributed by atoms with van der Waals surface area (Å²) in [5, 5.41) is 0. The maximum atomic E-state index is 13.0. The van der Waals surface area contributed by atoms with Gasteiger partial charge in [0, 0.05) is 24.2 Å². The molecule has 0 unspecified atom stereocenters. The Morgan fingerprint density at radius 1 is 1.15 bits per heavy atom. The maximum Gasteiger partial charge on any atom is 0.269 e. The molecule has 1 aliphatic heterocycles. The molecule has 27 heavy (non-hydrogen) atoms. The lowest BCUT2D eigenvalue weighted by atomic mass is 10.1. The van der Waals surface area contributed by atoms with Crippen molar-refractivity contribution < 1.29 is 23.5 Å². The molecule has 0 aromatic heterocycles. The molecule has 1 aliphatic rings. The number of nitrogens with zero attached hydrogens (tertiary/aromatic N) is 1. The topological polar surface area (TPSA) is 87.7 Å². The van der Waals surface area contributed by atoms with Crippen LogP contribution in [0.5, 0.6) is 5.75 Å². The van der Waals surface area contributed by atoms with Gasteiger partial charge in [0.1, 0.15) is 11.6 Å². The summed E-state index contributed by atoms with van der Waals surface area (Å²) >= 11 is 0. The molecule has 2 aromatic carbocycles. The molecular weight excluding hydrogens is 353 g/mol. The summed E-state index contributed by atoms with van der Waals surface area (Å²) in [4.78, 5) is 38.0. The van der Waals surface area contributed by atoms with Gasteiger partial charge in [0.2, 0.25) is 11.8 Å². The van der Waals surface area contributed by atoms with Crippen LogP contribution in [0.3, 0.4) is 0 Å². The van der Waals surface area contributed by atoms with E-state index >= 15 is 0 Å². The van der Waals surface area contributed by atoms with Gasteiger partial charge in [-0.1, -0.05) is 6.07 Å². The van der Waals surface area contributed by atoms with Crippen molar-refractivity contribution in [3.8, 4) is 5.75 Å². The molecule has 3 amide bonds. The molecule has 7 nitrogen and oxygen atoms in total. The van der Waals surface area contributed by atoms with Crippen molar-refractivity contribution in [2.75, 3.05) is 18.6 Å². The van der Waals surface area contributed by atoms with Gasteiger partial charge in [-0.2, -0.15) is 0 Å². The Morgan fingerprint density at radius 2 is 1.89 bits per heavy atom. The van der Waals surface area contributed by atoms with Gasteiger partial charge < -0.3 is 9.64 Å². The van der Waals surface area contributed by atoms with E-state index < -0.39 is 23.5 Å². The van der Waals surface area contributed by atoms with E-state index in [9.17, 15) is 18.8 Å². The second-order valence-electron chi connectivity index (χ2n) is 6.06. The Morgan fingerprint density at radius 3 is 2.59 bits per heavy atom. The molecule has 0 radical (unpaired) electrons. The SMILES string of the molecule is COc1cccc(C(=O)NNC(=O)[C@H]2CC(=O)N(c3ccc(F)cc3)C2)c1. The van der Waals surface area contributed by atoms with Crippen LogP contribution in [0.2, 0.25) is 0 Å². The molecule has 0 saturated carbocycles. The molecule has 1 saturated heterocycles. The summed E-state index contributed by atoms with van der Waals surface area (Å²) in [6.45, 7) is 0.158. The number of methoxy groups -OCH3 is 1. The van der Waals surface area contributed by atoms with Crippen LogP contribution >= 0.6 is 0 Å². The Kier molecular flexibility index (Phi) is 5.35. The second-order valence-corrected chi connectivity index (χ2v) is 6.06. The Balaban J connectivity index is 1.57. The van der Waals surface area contributed by atoms with E-state index in [4.69, 9.17) is 4.74 Å². The largest absolute Gasteiger partial charge is 0.497 e. The minimum absolute atomic E-state index is 0.0121. The fraction of sp³-hybridized carbons (Fsp3) is 0.211. The first kappa shape index (κ1) is 18.4. The average Bonchev–Trinajstić information content (AvgIpc) is 3.08. The zero-order valence-corrected chi connectivity index (χ0v) is 14.6. The minimum atomic E-state index is -0.617. The monoisotopic (exact) mass is 371 g/mol. The number of rotatable bonds is 4. The third-order valence-corrected chi connectivity index (χ3v) is 4.27. The standard InChI is InChI=1S/C19H18FN3O4/c1-27-16-4-2-3-12(9-16)18(25)21-22-19(26)13-10-17(24)23(11-13)15-7-5-14(20)6-8-15/h2-9,13H,10-11H2,1H3,(H,21,25)(H,22,26)/t13-/m0/s1. The van der Waals surface area contributed by atoms with Crippen molar-refractivity contribution in [2.45, 2.75) is 6.42 Å². The highest BCUT2D eigenvalue weighted by atomic mass is 19.1. The molecule has 1 fully saturated rings. The third kappa shape index (κ3) is 4.22. The number of nitrogens with one attached hydrogen (secondary N) is 2. The Labute approximate surface area is 155 Å². The molecule has 1 heterocycles. The molecule has 2 aromatic rings. The fourth-order valence-corrected chi connectivity index (χ4v) is 2.81. The van der Waals surface area contributed by atoms with Crippen molar-refractivity contribution in [3.63, 3.8) is 0 Å². The third-order valence-electron chi connectivity index (χ3n) is 4.27. The number of halogens is 1. The van der Waals surface area contributed by atoms with Crippen LogP contribution < -0.4 is 20.5 Å². The number of amides is 3. The first-order valence-corrected chi connectivity index (χ1v) is 8.28. The summed E-state index contributed by atoms with van der Waals surface area (Å²) in [5.41, 5.74) is 5.52. The van der Waals surface area contributed by atoms with Crippen molar-refractivity contribution in [2.24, 2.45) is 5.92 Å². The summed E-state index contributed by atoms with van der Waals surface area (Å²) in [6.07, 6.45) is 0.0121. The molecule has 8 heteroatoms. The van der Waals surface area contributed by atoms with E-state index in [1.165, 1.54) is 42.3 Å². The summed E-state index contributed by atoms with van der Waals surface area (Å²) in [6, 6.07) is 12.0. The molecule has 0 bridgehead atoms. The molecule has 3 rings (SSSR count). The highest BCUT2D eigenvalue weighted by Crippen LogP contribution is 2.25. The van der Waals surface area contributed by atoms with Crippen LogP contribution in [0.25, 0.3) is 0 Å². The van der Waals surface area contributed by atoms with Crippen LogP contribution in [0.4, 0.5) is 10.1 Å². The predicted octanol–water partition coefficient (Wildman–Crippen LogP) is 1.65. The Bertz CT molecular complexity index is 870. The highest BCUT2D eigenvalue weighted by Gasteiger charge is 2.35. The zero-order valence-electron chi connectivity index (χ0n) is 14.6. The second kappa shape index (κ2) is 7.86. The van der Waals surface area contributed by atoms with E-state index in [0.29, 0.717) is 17.0 Å². The summed E-state index contributed by atoms with van der Waals surface area (Å²) in [7, 11) is 1.49. The van der Waals surface area contributed by atoms with Gasteiger partial charge in [0.15, 0.2) is 0 Å². The number of benzene rings is 2. The van der Waals surface area contributed by atoms with Gasteiger partial charge in [0.05, 0.1) is 13.0 Å². The van der Waals surface area contributed by atoms with Crippen LogP contribution in [-0.2, 0) is 9.59 Å². The summed E-state index contributed by atoms with van der Waals surface area (Å²) < 4.78 is 18.1. The van der Waals surface area contributed by atoms with Gasteiger partial charge >= 0.3 is 0 Å². The fourth-order valence-electron chi connectivity index (χ4n) is 2.81. The van der Waals surface area contributed by atoms with Gasteiger partial charge in [-0.05, 0) is 42.5 Å². The lowest BCUT2D eigenvalue weighted by molar-refractivity contribution is -0.126. The van der Waals surface area contributed by atoms with E-state index in [1.807, 2.05) is 0 Å². The number of carbonyl (C=O) groups excluding carboxylic acids is 3. The lowest BCUT2D eigenvalue weighted by Gasteiger charge is -2.16. The van der Waals surface area contributed by atoms with Gasteiger partial charge in [-0.25, -0.2) is 4.39 Å². The first-order chi connectivity index (χ1) is 13.0. The van der Waals surface area contributed by atoms with Crippen LogP contribution in [0, 0.1) is 11.7 Å². The molecule has 2 N–H and O–H groups in total. The number of carbonyl (C=O) groups is 3. The number of hydrazine groups is 1. The molecule has 0 aliphatic carbocycles. The molecular formula is C19H18FN3O4. The van der Waals surface area contributed by atoms with E-state index in [1.54, 1.807) is 18.2 Å². The van der Waals surface area contributed by atoms with Crippen molar-refractivity contribution >= 4 is 23.4 Å². The quantitative estimate of drug-likeness (QED) is 0.800. The predicted molar refractivity (Wildman–Crippen MR) is 95.5 cm³/mol. The van der Waals surface area contributed by atoms with E-state index in [-0.39, 0.29) is 18.9 Å². The Hall–Kier alpha value is -3.42. The number of hydrogen-bond donors (Lipinski definition) is 2. The average molecular weight is 371 g/mol. The normalized spacial score (nSPS) is 16.1. The lowest BCUT2D eigenvalue weighted by Crippen LogP contribution is -2.45. The minimum Gasteiger partial charge on any atom is -0.497 e. The maximum absolute atomic E-state index is 13.0. The van der Waals surface area contributed by atoms with Crippen molar-refractivity contribution in [1.82, 2.24) is 10.9 Å². The molecule has 140 valence electrons. The molecule has 0 spiro atoms. The first-order valence-electron chi connectivity index (χ1n) is 8.28. The zero-order chi connectivity index (χ0) is 19.4. The van der Waals surface area contributed by atoms with Crippen molar-refractivity contribution in [3.05, 3.63) is 59.9 Å². The van der Waals surface area contributed by atoms with Crippen molar-refractivity contribution in [1.29, 1.82) is 0 Å².